The van der Waals surface area contributed by atoms with Gasteiger partial charge in [-0.05, 0) is 83.9 Å². The number of Topliss-reactive ketones (excluding diaryl/α,β-unsaturated/α-hetero) is 2. The fraction of sp³-hybridized carbons (Fsp3) is 0.125. The van der Waals surface area contributed by atoms with Gasteiger partial charge in [0.25, 0.3) is 17.0 Å². The molecule has 76 heavy (non-hydrogen) atoms. The standard InChI is InChI=1S/C20H10F3N3OS.C14H11F3O2S.C12H7F3OS.C10H8S/c1-12-14(10-24)18(15(11-25)26-2)27-19(12,20(21,22)23)17-9-8-16(28-17)13-6-4-3-5-7-13;1-9(18)13(19,14(15,16)17)12-8-7-11(20-12)10-5-3-2-4-6-10;13-12(14,15)11(16)10-7-6-9(17-10)8-4-2-1-3-5-8;1-2-5-9(6-3-1)10-7-4-8-11-10/h3-9H,1H3;2-8,19H,1H3;1-7H;1-8H/b18-15-;;;. The van der Waals surface area contributed by atoms with Gasteiger partial charge in [0.2, 0.25) is 0 Å². The van der Waals surface area contributed by atoms with Crippen LogP contribution in [0.15, 0.2) is 198 Å². The summed E-state index contributed by atoms with van der Waals surface area (Å²) in [6.45, 7) is 8.89. The van der Waals surface area contributed by atoms with Crippen LogP contribution in [0.3, 0.4) is 0 Å². The SMILES string of the molecule is CC(=O)C(O)(c1ccc(-c2ccccc2)s1)C(F)(F)F.O=C(c1ccc(-c2ccccc2)s1)C(F)(F)F.[C-]#[N+]/C(C#N)=C1\OC(c2ccc(-c3ccccc3)s2)(C(F)(F)F)C(C)=C1C#N.c1ccc(-c2cccs2)cc1. The molecule has 386 valence electrons. The molecule has 8 aromatic rings. The van der Waals surface area contributed by atoms with Crippen molar-refractivity contribution in [1.82, 2.24) is 0 Å². The van der Waals surface area contributed by atoms with Crippen molar-refractivity contribution in [2.24, 2.45) is 0 Å². The summed E-state index contributed by atoms with van der Waals surface area (Å²) in [5, 5.41) is 30.3. The fourth-order valence-electron chi connectivity index (χ4n) is 7.19. The van der Waals surface area contributed by atoms with Crippen LogP contribution in [0.1, 0.15) is 33.3 Å². The molecule has 0 radical (unpaired) electrons. The van der Waals surface area contributed by atoms with Crippen molar-refractivity contribution >= 4 is 56.9 Å². The molecule has 0 saturated carbocycles. The van der Waals surface area contributed by atoms with Crippen molar-refractivity contribution in [3.8, 4) is 53.9 Å². The Morgan fingerprint density at radius 2 is 1.08 bits per heavy atom. The lowest BCUT2D eigenvalue weighted by molar-refractivity contribution is -0.253. The molecular formula is C56H36F9N3O4S4. The zero-order valence-corrected chi connectivity index (χ0v) is 42.6. The van der Waals surface area contributed by atoms with E-state index >= 15 is 0 Å². The van der Waals surface area contributed by atoms with Crippen LogP contribution >= 0.6 is 45.3 Å². The van der Waals surface area contributed by atoms with Gasteiger partial charge in [-0.3, -0.25) is 9.59 Å². The molecule has 4 aromatic heterocycles. The molecule has 0 fully saturated rings. The van der Waals surface area contributed by atoms with Crippen LogP contribution in [-0.2, 0) is 20.7 Å². The van der Waals surface area contributed by atoms with E-state index in [1.165, 1.54) is 40.8 Å². The number of thiophene rings is 4. The van der Waals surface area contributed by atoms with Crippen LogP contribution in [0.4, 0.5) is 39.5 Å². The molecule has 2 atom stereocenters. The van der Waals surface area contributed by atoms with Gasteiger partial charge in [0.15, 0.2) is 11.5 Å². The number of carbonyl (C=O) groups is 2. The van der Waals surface area contributed by atoms with Gasteiger partial charge < -0.3 is 9.84 Å². The number of halogens is 9. The predicted molar refractivity (Wildman–Crippen MR) is 276 cm³/mol. The van der Waals surface area contributed by atoms with E-state index in [0.717, 1.165) is 70.6 Å². The smallest absolute Gasteiger partial charge is 0.455 e. The van der Waals surface area contributed by atoms with E-state index in [0.29, 0.717) is 14.6 Å². The zero-order chi connectivity index (χ0) is 55.5. The number of ether oxygens (including phenoxy) is 1. The molecule has 1 aliphatic heterocycles. The van der Waals surface area contributed by atoms with E-state index in [-0.39, 0.29) is 9.75 Å². The minimum atomic E-state index is -5.04. The van der Waals surface area contributed by atoms with Crippen molar-refractivity contribution < 1.29 is 58.9 Å². The van der Waals surface area contributed by atoms with E-state index < -0.39 is 68.8 Å². The van der Waals surface area contributed by atoms with E-state index in [1.54, 1.807) is 108 Å². The number of allylic oxidation sites excluding steroid dienone is 2. The first-order valence-corrected chi connectivity index (χ1v) is 25.2. The van der Waals surface area contributed by atoms with Gasteiger partial charge in [-0.2, -0.15) is 44.8 Å². The number of ketones is 2. The maximum absolute atomic E-state index is 14.3. The van der Waals surface area contributed by atoms with E-state index in [9.17, 15) is 59.5 Å². The van der Waals surface area contributed by atoms with Crippen molar-refractivity contribution in [3.05, 3.63) is 224 Å². The Labute approximate surface area is 445 Å². The maximum atomic E-state index is 14.3. The number of benzene rings is 4. The third kappa shape index (κ3) is 12.6. The lowest BCUT2D eigenvalue weighted by Gasteiger charge is -2.32. The Balaban J connectivity index is 0.000000172. The Morgan fingerprint density at radius 3 is 1.49 bits per heavy atom. The maximum Gasteiger partial charge on any atom is 0.455 e. The summed E-state index contributed by atoms with van der Waals surface area (Å²) in [6, 6.07) is 52.7. The van der Waals surface area contributed by atoms with Crippen LogP contribution in [-0.4, -0.2) is 35.2 Å². The highest BCUT2D eigenvalue weighted by Gasteiger charge is 2.65. The number of carbonyl (C=O) groups excluding carboxylic acids is 2. The van der Waals surface area contributed by atoms with Gasteiger partial charge >= 0.3 is 24.2 Å². The largest absolute Gasteiger partial charge is 0.476 e. The van der Waals surface area contributed by atoms with Crippen LogP contribution in [0.2, 0.25) is 0 Å². The van der Waals surface area contributed by atoms with Crippen molar-refractivity contribution in [1.29, 1.82) is 10.5 Å². The van der Waals surface area contributed by atoms with Crippen molar-refractivity contribution in [2.45, 2.75) is 43.6 Å². The molecule has 1 aliphatic rings. The number of hydrogen-bond donors (Lipinski definition) is 1. The Kier molecular flexibility index (Phi) is 18.3. The third-order valence-corrected chi connectivity index (χ3v) is 15.5. The Morgan fingerprint density at radius 1 is 0.618 bits per heavy atom. The van der Waals surface area contributed by atoms with Gasteiger partial charge in [0, 0.05) is 25.1 Å². The van der Waals surface area contributed by atoms with E-state index in [2.05, 4.69) is 46.6 Å². The van der Waals surface area contributed by atoms with E-state index in [4.69, 9.17) is 16.6 Å². The molecule has 0 aliphatic carbocycles. The summed E-state index contributed by atoms with van der Waals surface area (Å²) in [5.41, 5.74) is -4.30. The molecule has 0 saturated heterocycles. The minimum Gasteiger partial charge on any atom is -0.476 e. The average molecular weight is 1110 g/mol. The topological polar surface area (TPSA) is 116 Å². The summed E-state index contributed by atoms with van der Waals surface area (Å²) in [4.78, 5) is 27.5. The normalized spacial score (nSPS) is 15.5. The number of nitrogens with zero attached hydrogens (tertiary/aromatic N) is 3. The Hall–Kier alpha value is -7.90. The average Bonchev–Trinajstić information content (AvgIpc) is 4.34. The second kappa shape index (κ2) is 24.2. The number of aliphatic hydroxyl groups is 1. The molecule has 7 nitrogen and oxygen atoms in total. The lowest BCUT2D eigenvalue weighted by Crippen LogP contribution is -2.47. The molecule has 0 amide bonds. The van der Waals surface area contributed by atoms with Crippen molar-refractivity contribution in [2.75, 3.05) is 0 Å². The quantitative estimate of drug-likeness (QED) is 0.0701. The summed E-state index contributed by atoms with van der Waals surface area (Å²) in [6.07, 6.45) is -14.8. The second-order valence-corrected chi connectivity index (χ2v) is 20.0. The van der Waals surface area contributed by atoms with Crippen LogP contribution < -0.4 is 0 Å². The first-order chi connectivity index (χ1) is 36.0. The van der Waals surface area contributed by atoms with Gasteiger partial charge in [-0.1, -0.05) is 127 Å². The number of rotatable bonds is 8. The van der Waals surface area contributed by atoms with Crippen LogP contribution in [0.5, 0.6) is 0 Å². The number of nitriles is 2. The predicted octanol–water partition coefficient (Wildman–Crippen LogP) is 17.0. The summed E-state index contributed by atoms with van der Waals surface area (Å²) in [7, 11) is 0. The van der Waals surface area contributed by atoms with Gasteiger partial charge in [-0.15, -0.1) is 45.3 Å². The number of hydrogen-bond acceptors (Lipinski definition) is 10. The molecule has 0 bridgehead atoms. The molecule has 5 heterocycles. The van der Waals surface area contributed by atoms with Gasteiger partial charge in [-0.25, -0.2) is 10.1 Å². The molecular weight excluding hydrogens is 1080 g/mol. The van der Waals surface area contributed by atoms with Gasteiger partial charge in [0.05, 0.1) is 32.8 Å². The second-order valence-electron chi connectivity index (χ2n) is 15.8. The summed E-state index contributed by atoms with van der Waals surface area (Å²) >= 11 is 4.27. The number of alkyl halides is 9. The van der Waals surface area contributed by atoms with Gasteiger partial charge in [0.1, 0.15) is 6.07 Å². The monoisotopic (exact) mass is 1110 g/mol. The highest BCUT2D eigenvalue weighted by Crippen LogP contribution is 2.57. The minimum absolute atomic E-state index is 0.179. The van der Waals surface area contributed by atoms with Crippen molar-refractivity contribution in [3.63, 3.8) is 0 Å². The molecule has 0 spiro atoms. The molecule has 2 unspecified atom stereocenters. The van der Waals surface area contributed by atoms with Crippen LogP contribution in [0, 0.1) is 29.2 Å². The molecule has 9 rings (SSSR count). The zero-order valence-electron chi connectivity index (χ0n) is 39.3. The first-order valence-electron chi connectivity index (χ1n) is 21.9. The van der Waals surface area contributed by atoms with E-state index in [1.807, 2.05) is 12.1 Å². The lowest BCUT2D eigenvalue weighted by atomic mass is 9.90. The third-order valence-electron chi connectivity index (χ3n) is 11.0. The highest BCUT2D eigenvalue weighted by atomic mass is 32.1. The molecule has 4 aromatic carbocycles. The molecule has 1 N–H and O–H groups in total. The van der Waals surface area contributed by atoms with Crippen LogP contribution in [0.25, 0.3) is 46.6 Å². The molecule has 20 heteroatoms. The fourth-order valence-corrected chi connectivity index (χ4v) is 11.3. The Bertz CT molecular complexity index is 3460. The summed E-state index contributed by atoms with van der Waals surface area (Å²) in [5.74, 6) is -3.76. The first kappa shape index (κ1) is 57.4. The summed E-state index contributed by atoms with van der Waals surface area (Å²) < 4.78 is 124. The highest BCUT2D eigenvalue weighted by molar-refractivity contribution is 7.17.